The molecule has 0 saturated carbocycles. The number of hydrogen-bond acceptors (Lipinski definition) is 7. The molecule has 0 aliphatic heterocycles. The van der Waals surface area contributed by atoms with Gasteiger partial charge in [0.1, 0.15) is 6.61 Å². The summed E-state index contributed by atoms with van der Waals surface area (Å²) in [5.74, 6) is -0.999. The van der Waals surface area contributed by atoms with E-state index in [1.807, 2.05) is 0 Å². The summed E-state index contributed by atoms with van der Waals surface area (Å²) < 4.78 is 39.9. The van der Waals surface area contributed by atoms with Crippen LogP contribution in [0.15, 0.2) is 30.6 Å². The number of pyridine rings is 1. The molecule has 0 radical (unpaired) electrons. The Morgan fingerprint density at radius 2 is 1.84 bits per heavy atom. The Hall–Kier alpha value is -2.89. The van der Waals surface area contributed by atoms with Crippen LogP contribution in [-0.2, 0) is 4.74 Å². The molecule has 0 bridgehead atoms. The highest BCUT2D eigenvalue weighted by molar-refractivity contribution is 6.39. The fourth-order valence-corrected chi connectivity index (χ4v) is 2.77. The summed E-state index contributed by atoms with van der Waals surface area (Å²) in [6.07, 6.45) is 2.17. The number of alkyl halides is 2. The van der Waals surface area contributed by atoms with Gasteiger partial charge in [-0.15, -0.1) is 0 Å². The lowest BCUT2D eigenvalue weighted by Crippen LogP contribution is -2.27. The summed E-state index contributed by atoms with van der Waals surface area (Å²) in [6.45, 7) is -3.37. The van der Waals surface area contributed by atoms with Gasteiger partial charge < -0.3 is 30.0 Å². The number of rotatable bonds is 11. The molecule has 3 N–H and O–H groups in total. The molecule has 2 rings (SSSR count). The van der Waals surface area contributed by atoms with Crippen LogP contribution in [-0.4, -0.2) is 55.1 Å². The van der Waals surface area contributed by atoms with Crippen LogP contribution in [0, 0.1) is 0 Å². The first-order valence-corrected chi connectivity index (χ1v) is 9.91. The van der Waals surface area contributed by atoms with Gasteiger partial charge in [0, 0.05) is 24.5 Å². The van der Waals surface area contributed by atoms with E-state index in [1.54, 1.807) is 0 Å². The molecule has 0 atom stereocenters. The van der Waals surface area contributed by atoms with Crippen molar-refractivity contribution < 1.29 is 37.7 Å². The number of nitrogens with one attached hydrogen (secondary N) is 2. The van der Waals surface area contributed by atoms with Crippen molar-refractivity contribution in [2.24, 2.45) is 0 Å². The largest absolute Gasteiger partial charge is 0.490 e. The van der Waals surface area contributed by atoms with Crippen molar-refractivity contribution in [1.82, 2.24) is 10.3 Å². The second kappa shape index (κ2) is 12.8. The molecule has 32 heavy (non-hydrogen) atoms. The number of carbonyl (C=O) groups is 2. The van der Waals surface area contributed by atoms with Gasteiger partial charge in [-0.25, -0.2) is 4.79 Å². The maximum atomic E-state index is 12.7. The smallest absolute Gasteiger partial charge is 0.407 e. The third-order valence-corrected chi connectivity index (χ3v) is 4.26. The third-order valence-electron chi connectivity index (χ3n) is 3.69. The van der Waals surface area contributed by atoms with Crippen molar-refractivity contribution in [2.75, 3.05) is 31.7 Å². The van der Waals surface area contributed by atoms with Crippen LogP contribution in [0.2, 0.25) is 10.0 Å². The Morgan fingerprint density at radius 3 is 2.50 bits per heavy atom. The topological polar surface area (TPSA) is 119 Å². The van der Waals surface area contributed by atoms with Crippen LogP contribution in [0.3, 0.4) is 0 Å². The van der Waals surface area contributed by atoms with Gasteiger partial charge in [-0.2, -0.15) is 8.78 Å². The minimum absolute atomic E-state index is 0.00691. The van der Waals surface area contributed by atoms with E-state index in [4.69, 9.17) is 33.0 Å². The molecule has 2 aromatic rings. The van der Waals surface area contributed by atoms with E-state index < -0.39 is 18.6 Å². The van der Waals surface area contributed by atoms with Crippen LogP contribution < -0.4 is 20.1 Å². The molecule has 1 heterocycles. The minimum Gasteiger partial charge on any atom is -0.490 e. The Morgan fingerprint density at radius 1 is 1.12 bits per heavy atom. The van der Waals surface area contributed by atoms with E-state index in [0.29, 0.717) is 6.42 Å². The summed E-state index contributed by atoms with van der Waals surface area (Å²) >= 11 is 12.0. The van der Waals surface area contributed by atoms with Gasteiger partial charge >= 0.3 is 12.7 Å². The molecule has 0 aliphatic rings. The molecule has 0 fully saturated rings. The Kier molecular flexibility index (Phi) is 10.2. The molecule has 0 unspecified atom stereocenters. The number of benzene rings is 1. The lowest BCUT2D eigenvalue weighted by Gasteiger charge is -2.14. The zero-order valence-electron chi connectivity index (χ0n) is 16.4. The van der Waals surface area contributed by atoms with Gasteiger partial charge in [0.05, 0.1) is 28.9 Å². The lowest BCUT2D eigenvalue weighted by atomic mass is 10.2. The Bertz CT molecular complexity index is 916. The van der Waals surface area contributed by atoms with E-state index >= 15 is 0 Å². The normalized spacial score (nSPS) is 10.6. The molecule has 13 heteroatoms. The first kappa shape index (κ1) is 25.4. The summed E-state index contributed by atoms with van der Waals surface area (Å²) in [5, 5.41) is 13.7. The summed E-state index contributed by atoms with van der Waals surface area (Å²) in [5.41, 5.74) is 0.208. The zero-order chi connectivity index (χ0) is 23.5. The van der Waals surface area contributed by atoms with Crippen LogP contribution >= 0.6 is 23.2 Å². The zero-order valence-corrected chi connectivity index (χ0v) is 18.0. The number of nitrogens with zero attached hydrogens (tertiary/aromatic N) is 1. The minimum atomic E-state index is -3.10. The molecular weight excluding hydrogens is 475 g/mol. The summed E-state index contributed by atoms with van der Waals surface area (Å²) in [7, 11) is 0. The Balaban J connectivity index is 2.04. The fraction of sp³-hybridized carbons (Fsp3) is 0.316. The summed E-state index contributed by atoms with van der Waals surface area (Å²) in [4.78, 5) is 27.6. The van der Waals surface area contributed by atoms with Crippen LogP contribution in [0.5, 0.6) is 11.5 Å². The van der Waals surface area contributed by atoms with E-state index in [0.717, 1.165) is 6.07 Å². The Labute approximate surface area is 191 Å². The monoisotopic (exact) mass is 493 g/mol. The number of aliphatic hydroxyl groups is 1. The van der Waals surface area contributed by atoms with Crippen LogP contribution in [0.4, 0.5) is 19.3 Å². The third kappa shape index (κ3) is 7.98. The van der Waals surface area contributed by atoms with Crippen molar-refractivity contribution >= 4 is 40.9 Å². The SMILES string of the molecule is O=C(NCCCOc1cc(C(=O)Nc2c(Cl)cncc2Cl)ccc1OC(F)F)OCCO. The first-order chi connectivity index (χ1) is 15.3. The number of halogens is 4. The average Bonchev–Trinajstić information content (AvgIpc) is 2.75. The van der Waals surface area contributed by atoms with Gasteiger partial charge in [-0.3, -0.25) is 9.78 Å². The number of amides is 2. The molecule has 1 aromatic carbocycles. The molecule has 9 nitrogen and oxygen atoms in total. The second-order valence-electron chi connectivity index (χ2n) is 5.96. The summed E-state index contributed by atoms with van der Waals surface area (Å²) in [6, 6.07) is 3.65. The second-order valence-corrected chi connectivity index (χ2v) is 6.78. The van der Waals surface area contributed by atoms with Crippen molar-refractivity contribution in [3.8, 4) is 11.5 Å². The first-order valence-electron chi connectivity index (χ1n) is 9.15. The molecule has 0 aliphatic carbocycles. The van der Waals surface area contributed by atoms with Crippen molar-refractivity contribution in [3.05, 3.63) is 46.2 Å². The number of alkyl carbamates (subject to hydrolysis) is 1. The molecular formula is C19H19Cl2F2N3O6. The van der Waals surface area contributed by atoms with E-state index in [9.17, 15) is 18.4 Å². The number of aromatic nitrogens is 1. The van der Waals surface area contributed by atoms with Crippen molar-refractivity contribution in [2.45, 2.75) is 13.0 Å². The number of ether oxygens (including phenoxy) is 3. The predicted octanol–water partition coefficient (Wildman–Crippen LogP) is 3.73. The van der Waals surface area contributed by atoms with E-state index in [2.05, 4.69) is 25.1 Å². The maximum Gasteiger partial charge on any atom is 0.407 e. The van der Waals surface area contributed by atoms with Crippen LogP contribution in [0.1, 0.15) is 16.8 Å². The molecule has 0 saturated heterocycles. The van der Waals surface area contributed by atoms with Crippen molar-refractivity contribution in [3.63, 3.8) is 0 Å². The number of anilines is 1. The average molecular weight is 494 g/mol. The standard InChI is InChI=1S/C19H19Cl2F2N3O6/c20-12-9-24-10-13(21)16(12)26-17(28)11-2-3-14(32-18(22)23)15(8-11)30-6-1-4-25-19(29)31-7-5-27/h2-3,8-10,18,27H,1,4-7H2,(H,25,29)(H,24,26,28). The highest BCUT2D eigenvalue weighted by atomic mass is 35.5. The molecule has 174 valence electrons. The molecule has 0 spiro atoms. The molecule has 2 amide bonds. The van der Waals surface area contributed by atoms with Crippen molar-refractivity contribution in [1.29, 1.82) is 0 Å². The quantitative estimate of drug-likeness (QED) is 0.408. The molecule has 1 aromatic heterocycles. The maximum absolute atomic E-state index is 12.7. The number of aliphatic hydroxyl groups excluding tert-OH is 1. The number of hydrogen-bond donors (Lipinski definition) is 3. The predicted molar refractivity (Wildman–Crippen MR) is 112 cm³/mol. The highest BCUT2D eigenvalue weighted by Gasteiger charge is 2.17. The lowest BCUT2D eigenvalue weighted by molar-refractivity contribution is -0.0515. The van der Waals surface area contributed by atoms with Crippen LogP contribution in [0.25, 0.3) is 0 Å². The van der Waals surface area contributed by atoms with Gasteiger partial charge in [0.15, 0.2) is 11.5 Å². The van der Waals surface area contributed by atoms with Gasteiger partial charge in [0.25, 0.3) is 5.91 Å². The number of carbonyl (C=O) groups excluding carboxylic acids is 2. The van der Waals surface area contributed by atoms with Gasteiger partial charge in [0.2, 0.25) is 0 Å². The fourth-order valence-electron chi connectivity index (χ4n) is 2.31. The highest BCUT2D eigenvalue weighted by Crippen LogP contribution is 2.32. The van der Waals surface area contributed by atoms with E-state index in [1.165, 1.54) is 24.5 Å². The van der Waals surface area contributed by atoms with Gasteiger partial charge in [-0.05, 0) is 24.6 Å². The van der Waals surface area contributed by atoms with Gasteiger partial charge in [-0.1, -0.05) is 23.2 Å². The van der Waals surface area contributed by atoms with E-state index in [-0.39, 0.29) is 59.2 Å².